The van der Waals surface area contributed by atoms with Crippen molar-refractivity contribution in [3.63, 3.8) is 0 Å². The Morgan fingerprint density at radius 3 is 2.44 bits per heavy atom. The van der Waals surface area contributed by atoms with Crippen LogP contribution in [0.25, 0.3) is 11.1 Å². The lowest BCUT2D eigenvalue weighted by molar-refractivity contribution is 0.174. The molecule has 2 N–H and O–H groups in total. The fourth-order valence-corrected chi connectivity index (χ4v) is 3.11. The Labute approximate surface area is 158 Å². The number of hydrogen-bond donors (Lipinski definition) is 1. The summed E-state index contributed by atoms with van der Waals surface area (Å²) in [5.41, 5.74) is 10.0. The summed E-state index contributed by atoms with van der Waals surface area (Å²) in [6.45, 7) is 1.12. The van der Waals surface area contributed by atoms with Gasteiger partial charge in [0.1, 0.15) is 6.61 Å². The molecule has 0 unspecified atom stereocenters. The maximum absolute atomic E-state index is 5.94. The summed E-state index contributed by atoms with van der Waals surface area (Å²) in [7, 11) is 1.64. The van der Waals surface area contributed by atoms with Crippen LogP contribution in [0.1, 0.15) is 11.1 Å². The van der Waals surface area contributed by atoms with Gasteiger partial charge in [-0.2, -0.15) is 0 Å². The first-order valence-electron chi connectivity index (χ1n) is 8.76. The highest BCUT2D eigenvalue weighted by atomic mass is 16.7. The van der Waals surface area contributed by atoms with Crippen LogP contribution in [0.15, 0.2) is 60.7 Å². The molecule has 0 radical (unpaired) electrons. The maximum atomic E-state index is 5.94. The molecule has 5 nitrogen and oxygen atoms in total. The van der Waals surface area contributed by atoms with Gasteiger partial charge < -0.3 is 24.7 Å². The van der Waals surface area contributed by atoms with Crippen molar-refractivity contribution in [2.45, 2.75) is 13.2 Å². The lowest BCUT2D eigenvalue weighted by atomic mass is 9.98. The van der Waals surface area contributed by atoms with E-state index in [1.165, 1.54) is 0 Å². The van der Waals surface area contributed by atoms with Crippen molar-refractivity contribution in [1.29, 1.82) is 0 Å². The molecule has 0 atom stereocenters. The van der Waals surface area contributed by atoms with Crippen LogP contribution in [0, 0.1) is 0 Å². The second kappa shape index (κ2) is 7.60. The molecular weight excluding hydrogens is 342 g/mol. The van der Waals surface area contributed by atoms with Gasteiger partial charge in [0.2, 0.25) is 6.79 Å². The summed E-state index contributed by atoms with van der Waals surface area (Å²) >= 11 is 0. The highest BCUT2D eigenvalue weighted by Crippen LogP contribution is 2.40. The first-order valence-corrected chi connectivity index (χ1v) is 8.76. The van der Waals surface area contributed by atoms with Crippen molar-refractivity contribution >= 4 is 0 Å². The Morgan fingerprint density at radius 2 is 1.70 bits per heavy atom. The molecule has 27 heavy (non-hydrogen) atoms. The van der Waals surface area contributed by atoms with Crippen LogP contribution >= 0.6 is 0 Å². The molecular formula is C22H21NO4. The van der Waals surface area contributed by atoms with Crippen molar-refractivity contribution in [1.82, 2.24) is 0 Å². The SMILES string of the molecule is COc1cc(-c2cc3c(cc2CN)OCO3)ccc1OCc1ccccc1. The van der Waals surface area contributed by atoms with E-state index in [2.05, 4.69) is 0 Å². The van der Waals surface area contributed by atoms with Gasteiger partial charge >= 0.3 is 0 Å². The molecule has 0 aromatic heterocycles. The summed E-state index contributed by atoms with van der Waals surface area (Å²) in [4.78, 5) is 0. The number of fused-ring (bicyclic) bond motifs is 1. The van der Waals surface area contributed by atoms with Crippen molar-refractivity contribution in [2.24, 2.45) is 5.73 Å². The van der Waals surface area contributed by atoms with Gasteiger partial charge in [0.15, 0.2) is 23.0 Å². The minimum absolute atomic E-state index is 0.235. The predicted molar refractivity (Wildman–Crippen MR) is 103 cm³/mol. The molecule has 0 bridgehead atoms. The second-order valence-corrected chi connectivity index (χ2v) is 6.21. The molecule has 0 fully saturated rings. The molecule has 3 aromatic carbocycles. The van der Waals surface area contributed by atoms with Crippen molar-refractivity contribution in [3.05, 3.63) is 71.8 Å². The number of nitrogens with two attached hydrogens (primary N) is 1. The van der Waals surface area contributed by atoms with Crippen LogP contribution in [0.3, 0.4) is 0 Å². The third-order valence-electron chi connectivity index (χ3n) is 4.53. The van der Waals surface area contributed by atoms with Crippen LogP contribution in [-0.2, 0) is 13.2 Å². The molecule has 1 aliphatic rings. The van der Waals surface area contributed by atoms with E-state index in [4.69, 9.17) is 24.7 Å². The van der Waals surface area contributed by atoms with Crippen LogP contribution < -0.4 is 24.7 Å². The lowest BCUT2D eigenvalue weighted by Gasteiger charge is -2.14. The quantitative estimate of drug-likeness (QED) is 0.713. The molecule has 1 heterocycles. The van der Waals surface area contributed by atoms with E-state index in [0.717, 1.165) is 33.8 Å². The molecule has 0 amide bonds. The molecule has 3 aromatic rings. The van der Waals surface area contributed by atoms with Crippen LogP contribution in [0.2, 0.25) is 0 Å². The third-order valence-corrected chi connectivity index (χ3v) is 4.53. The van der Waals surface area contributed by atoms with Gasteiger partial charge in [0, 0.05) is 6.54 Å². The Bertz CT molecular complexity index is 941. The van der Waals surface area contributed by atoms with Gasteiger partial charge in [-0.1, -0.05) is 36.4 Å². The van der Waals surface area contributed by atoms with Gasteiger partial charge in [-0.3, -0.25) is 0 Å². The standard InChI is InChI=1S/C22H21NO4/c1-24-20-9-16(7-8-19(20)25-13-15-5-3-2-4-6-15)18-11-22-21(26-14-27-22)10-17(18)12-23/h2-11H,12-14,23H2,1H3. The van der Waals surface area contributed by atoms with E-state index in [9.17, 15) is 0 Å². The van der Waals surface area contributed by atoms with Crippen LogP contribution in [0.5, 0.6) is 23.0 Å². The molecule has 0 saturated carbocycles. The van der Waals surface area contributed by atoms with Gasteiger partial charge in [-0.05, 0) is 46.5 Å². The molecule has 4 rings (SSSR count). The van der Waals surface area contributed by atoms with E-state index in [1.807, 2.05) is 60.7 Å². The number of hydrogen-bond acceptors (Lipinski definition) is 5. The summed E-state index contributed by atoms with van der Waals surface area (Å²) in [5, 5.41) is 0. The minimum atomic E-state index is 0.235. The van der Waals surface area contributed by atoms with E-state index >= 15 is 0 Å². The molecule has 0 spiro atoms. The van der Waals surface area contributed by atoms with Gasteiger partial charge in [-0.15, -0.1) is 0 Å². The zero-order valence-electron chi connectivity index (χ0n) is 15.1. The Hall–Kier alpha value is -3.18. The number of benzene rings is 3. The summed E-state index contributed by atoms with van der Waals surface area (Å²) < 4.78 is 22.4. The van der Waals surface area contributed by atoms with E-state index in [0.29, 0.717) is 24.7 Å². The highest BCUT2D eigenvalue weighted by Gasteiger charge is 2.18. The Morgan fingerprint density at radius 1 is 0.926 bits per heavy atom. The maximum Gasteiger partial charge on any atom is 0.231 e. The first-order chi connectivity index (χ1) is 13.3. The third kappa shape index (κ3) is 3.55. The fraction of sp³-hybridized carbons (Fsp3) is 0.182. The lowest BCUT2D eigenvalue weighted by Crippen LogP contribution is -2.00. The second-order valence-electron chi connectivity index (χ2n) is 6.21. The minimum Gasteiger partial charge on any atom is -0.493 e. The molecule has 5 heteroatoms. The zero-order valence-corrected chi connectivity index (χ0v) is 15.1. The van der Waals surface area contributed by atoms with Crippen molar-refractivity contribution < 1.29 is 18.9 Å². The van der Waals surface area contributed by atoms with Gasteiger partial charge in [0.05, 0.1) is 7.11 Å². The number of ether oxygens (including phenoxy) is 4. The normalized spacial score (nSPS) is 12.1. The smallest absolute Gasteiger partial charge is 0.231 e. The van der Waals surface area contributed by atoms with Crippen molar-refractivity contribution in [3.8, 4) is 34.1 Å². The van der Waals surface area contributed by atoms with Crippen molar-refractivity contribution in [2.75, 3.05) is 13.9 Å². The highest BCUT2D eigenvalue weighted by molar-refractivity contribution is 5.73. The molecule has 138 valence electrons. The van der Waals surface area contributed by atoms with Crippen LogP contribution in [0.4, 0.5) is 0 Å². The summed E-state index contributed by atoms with van der Waals surface area (Å²) in [6.07, 6.45) is 0. The average molecular weight is 363 g/mol. The average Bonchev–Trinajstić information content (AvgIpc) is 3.19. The molecule has 0 saturated heterocycles. The summed E-state index contributed by atoms with van der Waals surface area (Å²) in [6, 6.07) is 19.8. The topological polar surface area (TPSA) is 62.9 Å². The van der Waals surface area contributed by atoms with Gasteiger partial charge in [0.25, 0.3) is 0 Å². The Kier molecular flexibility index (Phi) is 4.85. The fourth-order valence-electron chi connectivity index (χ4n) is 3.11. The number of methoxy groups -OCH3 is 1. The van der Waals surface area contributed by atoms with E-state index in [-0.39, 0.29) is 6.79 Å². The van der Waals surface area contributed by atoms with E-state index < -0.39 is 0 Å². The Balaban J connectivity index is 1.63. The van der Waals surface area contributed by atoms with E-state index in [1.54, 1.807) is 7.11 Å². The van der Waals surface area contributed by atoms with Gasteiger partial charge in [-0.25, -0.2) is 0 Å². The monoisotopic (exact) mass is 363 g/mol. The predicted octanol–water partition coefficient (Wildman–Crippen LogP) is 4.13. The number of rotatable bonds is 6. The van der Waals surface area contributed by atoms with Crippen LogP contribution in [-0.4, -0.2) is 13.9 Å². The largest absolute Gasteiger partial charge is 0.493 e. The molecule has 0 aliphatic carbocycles. The first kappa shape index (κ1) is 17.2. The zero-order chi connectivity index (χ0) is 18.6. The molecule has 1 aliphatic heterocycles. The summed E-state index contributed by atoms with van der Waals surface area (Å²) in [5.74, 6) is 2.82.